The van der Waals surface area contributed by atoms with Gasteiger partial charge in [0.15, 0.2) is 0 Å². The van der Waals surface area contributed by atoms with E-state index in [0.717, 1.165) is 0 Å². The van der Waals surface area contributed by atoms with Crippen molar-refractivity contribution < 1.29 is 14.7 Å². The van der Waals surface area contributed by atoms with E-state index in [1.165, 1.54) is 29.5 Å². The second kappa shape index (κ2) is 7.74. The van der Waals surface area contributed by atoms with Crippen LogP contribution in [0.4, 0.5) is 5.69 Å². The van der Waals surface area contributed by atoms with Crippen LogP contribution in [0.1, 0.15) is 16.5 Å². The van der Waals surface area contributed by atoms with Crippen LogP contribution in [0.3, 0.4) is 0 Å². The minimum atomic E-state index is -0.942. The van der Waals surface area contributed by atoms with Gasteiger partial charge < -0.3 is 15.7 Å². The standard InChI is InChI=1S/C15H12ClN3O3S/c16-10-4-3-9(7-17)11(6-10)19-15(22)14(21)18-8-12(20)13-2-1-5-23-13/h1-6,12,20H,8H2,(H,18,21)(H,19,22)/t12-/m0/s1. The quantitative estimate of drug-likeness (QED) is 0.735. The summed E-state index contributed by atoms with van der Waals surface area (Å²) in [6.07, 6.45) is -0.882. The first-order chi connectivity index (χ1) is 11.0. The van der Waals surface area contributed by atoms with Crippen molar-refractivity contribution in [3.63, 3.8) is 0 Å². The molecular formula is C15H12ClN3O3S. The molecule has 0 bridgehead atoms. The van der Waals surface area contributed by atoms with Crippen LogP contribution in [0.25, 0.3) is 0 Å². The van der Waals surface area contributed by atoms with Crippen LogP contribution < -0.4 is 10.6 Å². The van der Waals surface area contributed by atoms with Crippen LogP contribution in [0.5, 0.6) is 0 Å². The molecule has 2 amide bonds. The summed E-state index contributed by atoms with van der Waals surface area (Å²) in [6, 6.07) is 9.73. The van der Waals surface area contributed by atoms with Gasteiger partial charge in [0, 0.05) is 16.4 Å². The second-order valence-corrected chi connectivity index (χ2v) is 5.91. The number of nitriles is 1. The molecule has 23 heavy (non-hydrogen) atoms. The number of nitrogens with one attached hydrogen (secondary N) is 2. The van der Waals surface area contributed by atoms with Crippen LogP contribution in [-0.4, -0.2) is 23.5 Å². The van der Waals surface area contributed by atoms with Crippen molar-refractivity contribution in [1.82, 2.24) is 5.32 Å². The Bertz CT molecular complexity index is 756. The largest absolute Gasteiger partial charge is 0.386 e. The Kier molecular flexibility index (Phi) is 5.71. The number of benzene rings is 1. The molecule has 0 aliphatic heterocycles. The molecule has 2 rings (SSSR count). The molecule has 3 N–H and O–H groups in total. The third-order valence-corrected chi connectivity index (χ3v) is 4.09. The normalized spacial score (nSPS) is 11.3. The number of aliphatic hydroxyl groups excluding tert-OH is 1. The number of carbonyl (C=O) groups is 2. The van der Waals surface area contributed by atoms with Crippen molar-refractivity contribution in [2.75, 3.05) is 11.9 Å². The van der Waals surface area contributed by atoms with Crippen molar-refractivity contribution in [1.29, 1.82) is 5.26 Å². The minimum Gasteiger partial charge on any atom is -0.386 e. The molecule has 0 unspecified atom stereocenters. The molecule has 1 heterocycles. The van der Waals surface area contributed by atoms with Crippen molar-refractivity contribution in [2.24, 2.45) is 0 Å². The summed E-state index contributed by atoms with van der Waals surface area (Å²) in [7, 11) is 0. The highest BCUT2D eigenvalue weighted by atomic mass is 35.5. The highest BCUT2D eigenvalue weighted by Crippen LogP contribution is 2.20. The summed E-state index contributed by atoms with van der Waals surface area (Å²) in [6.45, 7) is -0.0899. The lowest BCUT2D eigenvalue weighted by Crippen LogP contribution is -2.37. The molecule has 1 aromatic carbocycles. The van der Waals surface area contributed by atoms with Gasteiger partial charge in [-0.3, -0.25) is 9.59 Å². The third-order valence-electron chi connectivity index (χ3n) is 2.88. The van der Waals surface area contributed by atoms with Crippen LogP contribution >= 0.6 is 22.9 Å². The molecule has 0 aliphatic carbocycles. The Morgan fingerprint density at radius 2 is 2.13 bits per heavy atom. The van der Waals surface area contributed by atoms with Gasteiger partial charge in [0.25, 0.3) is 0 Å². The summed E-state index contributed by atoms with van der Waals surface area (Å²) in [5, 5.41) is 25.6. The maximum Gasteiger partial charge on any atom is 0.313 e. The number of hydrogen-bond donors (Lipinski definition) is 3. The minimum absolute atomic E-state index is 0.0899. The highest BCUT2D eigenvalue weighted by molar-refractivity contribution is 7.10. The van der Waals surface area contributed by atoms with E-state index >= 15 is 0 Å². The topological polar surface area (TPSA) is 102 Å². The molecule has 2 aromatic rings. The number of hydrogen-bond acceptors (Lipinski definition) is 5. The molecule has 0 aliphatic rings. The van der Waals surface area contributed by atoms with Gasteiger partial charge >= 0.3 is 11.8 Å². The zero-order valence-corrected chi connectivity index (χ0v) is 13.3. The van der Waals surface area contributed by atoms with E-state index in [1.54, 1.807) is 17.5 Å². The monoisotopic (exact) mass is 349 g/mol. The summed E-state index contributed by atoms with van der Waals surface area (Å²) in [5.41, 5.74) is 0.341. The Morgan fingerprint density at radius 3 is 2.78 bits per heavy atom. The average Bonchev–Trinajstić information content (AvgIpc) is 3.07. The van der Waals surface area contributed by atoms with E-state index in [1.807, 2.05) is 6.07 Å². The smallest absolute Gasteiger partial charge is 0.313 e. The molecule has 118 valence electrons. The van der Waals surface area contributed by atoms with Crippen molar-refractivity contribution >= 4 is 40.4 Å². The number of rotatable bonds is 4. The summed E-state index contributed by atoms with van der Waals surface area (Å²) in [4.78, 5) is 24.3. The summed E-state index contributed by atoms with van der Waals surface area (Å²) < 4.78 is 0. The van der Waals surface area contributed by atoms with E-state index < -0.39 is 17.9 Å². The molecule has 0 spiro atoms. The number of amides is 2. The van der Waals surface area contributed by atoms with Gasteiger partial charge in [0.1, 0.15) is 12.2 Å². The predicted molar refractivity (Wildman–Crippen MR) is 87.1 cm³/mol. The first kappa shape index (κ1) is 17.0. The Balaban J connectivity index is 1.94. The van der Waals surface area contributed by atoms with Crippen LogP contribution in [0.2, 0.25) is 5.02 Å². The second-order valence-electron chi connectivity index (χ2n) is 4.50. The number of anilines is 1. The predicted octanol–water partition coefficient (Wildman–Crippen LogP) is 2.06. The molecule has 1 atom stereocenters. The highest BCUT2D eigenvalue weighted by Gasteiger charge is 2.17. The summed E-state index contributed by atoms with van der Waals surface area (Å²) in [5.74, 6) is -1.85. The van der Waals surface area contributed by atoms with Gasteiger partial charge in [-0.25, -0.2) is 0 Å². The van der Waals surface area contributed by atoms with Crippen LogP contribution in [0, 0.1) is 11.3 Å². The Labute approximate surface area is 141 Å². The van der Waals surface area contributed by atoms with Gasteiger partial charge in [0.05, 0.1) is 11.3 Å². The number of nitrogens with zero attached hydrogens (tertiary/aromatic N) is 1. The van der Waals surface area contributed by atoms with Gasteiger partial charge in [-0.2, -0.15) is 5.26 Å². The number of carbonyl (C=O) groups excluding carboxylic acids is 2. The van der Waals surface area contributed by atoms with Crippen LogP contribution in [-0.2, 0) is 9.59 Å². The lowest BCUT2D eigenvalue weighted by atomic mass is 10.2. The van der Waals surface area contributed by atoms with Crippen molar-refractivity contribution in [2.45, 2.75) is 6.10 Å². The summed E-state index contributed by atoms with van der Waals surface area (Å²) >= 11 is 7.15. The van der Waals surface area contributed by atoms with Gasteiger partial charge in [0.2, 0.25) is 0 Å². The van der Waals surface area contributed by atoms with Gasteiger partial charge in [-0.05, 0) is 29.6 Å². The SMILES string of the molecule is N#Cc1ccc(Cl)cc1NC(=O)C(=O)NC[C@H](O)c1cccs1. The van der Waals surface area contributed by atoms with Gasteiger partial charge in [-0.1, -0.05) is 17.7 Å². The average molecular weight is 350 g/mol. The zero-order valence-electron chi connectivity index (χ0n) is 11.7. The molecular weight excluding hydrogens is 338 g/mol. The first-order valence-electron chi connectivity index (χ1n) is 6.51. The molecule has 6 nitrogen and oxygen atoms in total. The lowest BCUT2D eigenvalue weighted by Gasteiger charge is -2.11. The Hall–Kier alpha value is -2.40. The molecule has 8 heteroatoms. The molecule has 0 radical (unpaired) electrons. The first-order valence-corrected chi connectivity index (χ1v) is 7.77. The molecule has 0 saturated heterocycles. The van der Waals surface area contributed by atoms with E-state index in [9.17, 15) is 14.7 Å². The maximum absolute atomic E-state index is 11.8. The van der Waals surface area contributed by atoms with E-state index in [0.29, 0.717) is 9.90 Å². The molecule has 0 saturated carbocycles. The van der Waals surface area contributed by atoms with E-state index in [4.69, 9.17) is 16.9 Å². The number of thiophene rings is 1. The fourth-order valence-electron chi connectivity index (χ4n) is 1.75. The fraction of sp³-hybridized carbons (Fsp3) is 0.133. The zero-order chi connectivity index (χ0) is 16.8. The van der Waals surface area contributed by atoms with Crippen LogP contribution in [0.15, 0.2) is 35.7 Å². The third kappa shape index (κ3) is 4.53. The molecule has 1 aromatic heterocycles. The van der Waals surface area contributed by atoms with E-state index in [-0.39, 0.29) is 17.8 Å². The van der Waals surface area contributed by atoms with Crippen molar-refractivity contribution in [3.8, 4) is 6.07 Å². The number of aliphatic hydroxyl groups is 1. The molecule has 0 fully saturated rings. The number of halogens is 1. The van der Waals surface area contributed by atoms with E-state index in [2.05, 4.69) is 10.6 Å². The lowest BCUT2D eigenvalue weighted by molar-refractivity contribution is -0.136. The Morgan fingerprint density at radius 1 is 1.35 bits per heavy atom. The van der Waals surface area contributed by atoms with Crippen molar-refractivity contribution in [3.05, 3.63) is 51.2 Å². The maximum atomic E-state index is 11.8. The fourth-order valence-corrected chi connectivity index (χ4v) is 2.63. The van der Waals surface area contributed by atoms with Gasteiger partial charge in [-0.15, -0.1) is 11.3 Å².